The topological polar surface area (TPSA) is 92.5 Å². The van der Waals surface area contributed by atoms with Crippen molar-refractivity contribution in [2.24, 2.45) is 0 Å². The number of hydrogen-bond donors (Lipinski definition) is 0. The van der Waals surface area contributed by atoms with Gasteiger partial charge in [0, 0.05) is 66.9 Å². The van der Waals surface area contributed by atoms with Crippen molar-refractivity contribution in [3.8, 4) is 0 Å². The number of carbonyl (C=O) groups excluding carboxylic acids is 1. The Morgan fingerprint density at radius 1 is 1.06 bits per heavy atom. The normalized spacial score (nSPS) is 14.4. The molecule has 1 aromatic heterocycles. The van der Waals surface area contributed by atoms with Crippen LogP contribution in [0, 0.1) is 10.1 Å². The summed E-state index contributed by atoms with van der Waals surface area (Å²) in [6.45, 7) is 2.64. The molecular formula is C21H20ClN5O3S. The zero-order valence-electron chi connectivity index (χ0n) is 16.6. The van der Waals surface area contributed by atoms with Crippen LogP contribution < -0.4 is 4.90 Å². The van der Waals surface area contributed by atoms with Crippen LogP contribution in [-0.2, 0) is 6.42 Å². The lowest BCUT2D eigenvalue weighted by Crippen LogP contribution is -2.35. The molecule has 3 aromatic rings. The zero-order chi connectivity index (χ0) is 21.8. The number of halogens is 1. The fourth-order valence-corrected chi connectivity index (χ4v) is 4.31. The van der Waals surface area contributed by atoms with E-state index in [0.717, 1.165) is 29.5 Å². The minimum Gasteiger partial charge on any atom is -0.345 e. The molecule has 0 N–H and O–H groups in total. The van der Waals surface area contributed by atoms with Gasteiger partial charge >= 0.3 is 0 Å². The highest BCUT2D eigenvalue weighted by atomic mass is 35.5. The SMILES string of the molecule is O=C(c1ccc([N+](=O)[O-])cc1)N1CCCN(c2nc(Cc3ccc(Cl)cc3)ns2)CC1. The standard InChI is InChI=1S/C21H20ClN5O3S/c22-17-6-2-15(3-7-17)14-19-23-21(31-24-19)26-11-1-10-25(12-13-26)20(28)16-4-8-18(9-5-16)27(29)30/h2-9H,1,10-14H2. The molecule has 0 radical (unpaired) electrons. The van der Waals surface area contributed by atoms with E-state index in [1.807, 2.05) is 24.3 Å². The van der Waals surface area contributed by atoms with Crippen molar-refractivity contribution in [1.29, 1.82) is 0 Å². The van der Waals surface area contributed by atoms with E-state index in [4.69, 9.17) is 11.6 Å². The summed E-state index contributed by atoms with van der Waals surface area (Å²) in [4.78, 5) is 31.8. The number of rotatable bonds is 5. The third-order valence-electron chi connectivity index (χ3n) is 5.11. The number of anilines is 1. The van der Waals surface area contributed by atoms with Crippen LogP contribution >= 0.6 is 23.1 Å². The molecule has 31 heavy (non-hydrogen) atoms. The largest absolute Gasteiger partial charge is 0.345 e. The molecule has 160 valence electrons. The van der Waals surface area contributed by atoms with Crippen molar-refractivity contribution < 1.29 is 9.72 Å². The van der Waals surface area contributed by atoms with Crippen LogP contribution in [0.2, 0.25) is 5.02 Å². The smallest absolute Gasteiger partial charge is 0.269 e. The number of hydrogen-bond acceptors (Lipinski definition) is 7. The van der Waals surface area contributed by atoms with E-state index < -0.39 is 4.92 Å². The van der Waals surface area contributed by atoms with Gasteiger partial charge in [0.15, 0.2) is 0 Å². The van der Waals surface area contributed by atoms with E-state index in [1.165, 1.54) is 35.8 Å². The summed E-state index contributed by atoms with van der Waals surface area (Å²) in [7, 11) is 0. The highest BCUT2D eigenvalue weighted by molar-refractivity contribution is 7.09. The fraction of sp³-hybridized carbons (Fsp3) is 0.286. The van der Waals surface area contributed by atoms with Gasteiger partial charge in [-0.25, -0.2) is 4.98 Å². The van der Waals surface area contributed by atoms with Gasteiger partial charge in [-0.2, -0.15) is 4.37 Å². The highest BCUT2D eigenvalue weighted by Gasteiger charge is 2.22. The minimum absolute atomic E-state index is 0.0238. The molecule has 2 heterocycles. The summed E-state index contributed by atoms with van der Waals surface area (Å²) in [5.41, 5.74) is 1.54. The molecule has 4 rings (SSSR count). The third kappa shape index (κ3) is 5.18. The Morgan fingerprint density at radius 2 is 1.81 bits per heavy atom. The summed E-state index contributed by atoms with van der Waals surface area (Å²) in [5.74, 6) is 0.655. The van der Waals surface area contributed by atoms with E-state index in [-0.39, 0.29) is 11.6 Å². The summed E-state index contributed by atoms with van der Waals surface area (Å²) < 4.78 is 4.48. The summed E-state index contributed by atoms with van der Waals surface area (Å²) in [6.07, 6.45) is 1.46. The highest BCUT2D eigenvalue weighted by Crippen LogP contribution is 2.22. The van der Waals surface area contributed by atoms with Crippen LogP contribution in [0.25, 0.3) is 0 Å². The molecular weight excluding hydrogens is 438 g/mol. The van der Waals surface area contributed by atoms with E-state index in [1.54, 1.807) is 4.90 Å². The van der Waals surface area contributed by atoms with Crippen LogP contribution in [-0.4, -0.2) is 51.3 Å². The number of carbonyl (C=O) groups is 1. The van der Waals surface area contributed by atoms with Gasteiger partial charge in [0.2, 0.25) is 5.13 Å². The number of benzene rings is 2. The Bertz CT molecular complexity index is 1070. The monoisotopic (exact) mass is 457 g/mol. The molecule has 0 spiro atoms. The Kier molecular flexibility index (Phi) is 6.43. The average Bonchev–Trinajstić information content (AvgIpc) is 3.09. The van der Waals surface area contributed by atoms with Gasteiger partial charge in [-0.3, -0.25) is 14.9 Å². The van der Waals surface area contributed by atoms with Crippen molar-refractivity contribution in [2.75, 3.05) is 31.1 Å². The van der Waals surface area contributed by atoms with E-state index in [9.17, 15) is 14.9 Å². The second-order valence-corrected chi connectivity index (χ2v) is 8.40. The maximum absolute atomic E-state index is 12.8. The number of nitro benzene ring substituents is 1. The Morgan fingerprint density at radius 3 is 2.52 bits per heavy atom. The lowest BCUT2D eigenvalue weighted by molar-refractivity contribution is -0.384. The zero-order valence-corrected chi connectivity index (χ0v) is 18.2. The van der Waals surface area contributed by atoms with Crippen molar-refractivity contribution >= 4 is 39.9 Å². The van der Waals surface area contributed by atoms with Gasteiger partial charge in [0.1, 0.15) is 5.82 Å². The Balaban J connectivity index is 1.37. The van der Waals surface area contributed by atoms with Crippen molar-refractivity contribution in [1.82, 2.24) is 14.3 Å². The fourth-order valence-electron chi connectivity index (χ4n) is 3.45. The van der Waals surface area contributed by atoms with Gasteiger partial charge in [0.05, 0.1) is 4.92 Å². The molecule has 0 bridgehead atoms. The molecule has 1 amide bonds. The molecule has 10 heteroatoms. The molecule has 2 aromatic carbocycles. The van der Waals surface area contributed by atoms with Crippen LogP contribution in [0.5, 0.6) is 0 Å². The lowest BCUT2D eigenvalue weighted by atomic mass is 10.1. The molecule has 1 saturated heterocycles. The molecule has 1 fully saturated rings. The number of non-ortho nitro benzene ring substituents is 1. The van der Waals surface area contributed by atoms with Gasteiger partial charge < -0.3 is 9.80 Å². The Labute approximate surface area is 188 Å². The molecule has 0 atom stereocenters. The van der Waals surface area contributed by atoms with E-state index in [0.29, 0.717) is 36.6 Å². The van der Waals surface area contributed by atoms with Crippen LogP contribution in [0.15, 0.2) is 48.5 Å². The van der Waals surface area contributed by atoms with Gasteiger partial charge in [-0.1, -0.05) is 23.7 Å². The first-order chi connectivity index (χ1) is 15.0. The quantitative estimate of drug-likeness (QED) is 0.424. The van der Waals surface area contributed by atoms with Crippen molar-refractivity contribution in [2.45, 2.75) is 12.8 Å². The molecule has 1 aliphatic heterocycles. The van der Waals surface area contributed by atoms with Gasteiger partial charge in [-0.05, 0) is 36.2 Å². The van der Waals surface area contributed by atoms with E-state index in [2.05, 4.69) is 14.3 Å². The molecule has 8 nitrogen and oxygen atoms in total. The first-order valence-electron chi connectivity index (χ1n) is 9.85. The second kappa shape index (κ2) is 9.40. The number of amides is 1. The number of aromatic nitrogens is 2. The van der Waals surface area contributed by atoms with Crippen LogP contribution in [0.3, 0.4) is 0 Å². The van der Waals surface area contributed by atoms with Gasteiger partial charge in [-0.15, -0.1) is 0 Å². The maximum atomic E-state index is 12.8. The molecule has 0 aliphatic carbocycles. The van der Waals surface area contributed by atoms with Crippen molar-refractivity contribution in [3.05, 3.63) is 80.6 Å². The molecule has 0 saturated carbocycles. The summed E-state index contributed by atoms with van der Waals surface area (Å²) >= 11 is 7.31. The average molecular weight is 458 g/mol. The van der Waals surface area contributed by atoms with Crippen molar-refractivity contribution in [3.63, 3.8) is 0 Å². The first kappa shape index (κ1) is 21.2. The third-order valence-corrected chi connectivity index (χ3v) is 6.18. The number of nitrogens with zero attached hydrogens (tertiary/aromatic N) is 5. The van der Waals surface area contributed by atoms with Gasteiger partial charge in [0.25, 0.3) is 11.6 Å². The molecule has 0 unspecified atom stereocenters. The predicted molar refractivity (Wildman–Crippen MR) is 120 cm³/mol. The summed E-state index contributed by atoms with van der Waals surface area (Å²) in [6, 6.07) is 13.4. The predicted octanol–water partition coefficient (Wildman–Crippen LogP) is 4.04. The Hall–Kier alpha value is -3.04. The summed E-state index contributed by atoms with van der Waals surface area (Å²) in [5, 5.41) is 12.4. The van der Waals surface area contributed by atoms with Crippen LogP contribution in [0.4, 0.5) is 10.8 Å². The minimum atomic E-state index is -0.471. The lowest BCUT2D eigenvalue weighted by Gasteiger charge is -2.21. The van der Waals surface area contributed by atoms with Crippen LogP contribution in [0.1, 0.15) is 28.2 Å². The molecule has 1 aliphatic rings. The first-order valence-corrected chi connectivity index (χ1v) is 11.0. The second-order valence-electron chi connectivity index (χ2n) is 7.23. The van der Waals surface area contributed by atoms with E-state index >= 15 is 0 Å². The number of nitro groups is 1. The maximum Gasteiger partial charge on any atom is 0.269 e.